The Labute approximate surface area is 135 Å². The van der Waals surface area contributed by atoms with Gasteiger partial charge in [0.05, 0.1) is 11.5 Å². The van der Waals surface area contributed by atoms with E-state index in [0.717, 1.165) is 5.56 Å². The van der Waals surface area contributed by atoms with E-state index in [0.29, 0.717) is 11.3 Å². The fourth-order valence-electron chi connectivity index (χ4n) is 1.83. The number of nitrogens with one attached hydrogen (secondary N) is 2. The molecule has 22 heavy (non-hydrogen) atoms. The third-order valence-electron chi connectivity index (χ3n) is 2.99. The highest BCUT2D eigenvalue weighted by molar-refractivity contribution is 7.92. The Morgan fingerprint density at radius 2 is 1.77 bits per heavy atom. The molecule has 0 fully saturated rings. The number of sulfonamides is 1. The molecule has 2 aromatic rings. The van der Waals surface area contributed by atoms with Gasteiger partial charge in [0.2, 0.25) is 0 Å². The van der Waals surface area contributed by atoms with Gasteiger partial charge in [-0.05, 0) is 37.3 Å². The Morgan fingerprint density at radius 3 is 2.41 bits per heavy atom. The molecular formula is C15H16N2O3S2. The van der Waals surface area contributed by atoms with Gasteiger partial charge in [-0.2, -0.15) is 0 Å². The van der Waals surface area contributed by atoms with Crippen LogP contribution in [0, 0.1) is 6.92 Å². The Bertz CT molecular complexity index is 772. The molecule has 0 amide bonds. The van der Waals surface area contributed by atoms with Crippen molar-refractivity contribution >= 4 is 33.0 Å². The van der Waals surface area contributed by atoms with Gasteiger partial charge in [0, 0.05) is 11.3 Å². The lowest BCUT2D eigenvalue weighted by Gasteiger charge is -2.13. The third-order valence-corrected chi connectivity index (χ3v) is 4.69. The van der Waals surface area contributed by atoms with E-state index in [2.05, 4.69) is 10.0 Å². The molecule has 0 heterocycles. The summed E-state index contributed by atoms with van der Waals surface area (Å²) in [6, 6.07) is 13.4. The lowest BCUT2D eigenvalue weighted by atomic mass is 10.2. The third kappa shape index (κ3) is 4.03. The molecule has 2 rings (SSSR count). The normalized spacial score (nSPS) is 11.0. The molecule has 0 aliphatic rings. The zero-order chi connectivity index (χ0) is 16.2. The Balaban J connectivity index is 2.13. The number of anilines is 1. The number of aliphatic hydroxyl groups is 1. The lowest BCUT2D eigenvalue weighted by Crippen LogP contribution is -2.34. The number of aliphatic hydroxyl groups excluding tert-OH is 1. The summed E-state index contributed by atoms with van der Waals surface area (Å²) in [6.45, 7) is 1.71. The van der Waals surface area contributed by atoms with Gasteiger partial charge in [-0.15, -0.1) is 0 Å². The Kier molecular flexibility index (Phi) is 5.12. The van der Waals surface area contributed by atoms with E-state index in [1.807, 2.05) is 6.92 Å². The van der Waals surface area contributed by atoms with Crippen molar-refractivity contribution in [2.45, 2.75) is 18.4 Å². The van der Waals surface area contributed by atoms with E-state index in [4.69, 9.17) is 12.2 Å². The number of hydrogen-bond donors (Lipinski definition) is 3. The molecule has 0 aliphatic carbocycles. The summed E-state index contributed by atoms with van der Waals surface area (Å²) < 4.78 is 26.7. The molecule has 116 valence electrons. The molecular weight excluding hydrogens is 320 g/mol. The van der Waals surface area contributed by atoms with E-state index < -0.39 is 10.0 Å². The molecule has 7 heteroatoms. The molecule has 0 bridgehead atoms. The van der Waals surface area contributed by atoms with Gasteiger partial charge in [0.1, 0.15) is 0 Å². The maximum Gasteiger partial charge on any atom is 0.263 e. The monoisotopic (exact) mass is 336 g/mol. The minimum Gasteiger partial charge on any atom is -0.392 e. The molecule has 0 spiro atoms. The summed E-state index contributed by atoms with van der Waals surface area (Å²) in [7, 11) is -3.73. The minimum atomic E-state index is -3.73. The van der Waals surface area contributed by atoms with E-state index in [1.54, 1.807) is 36.4 Å². The molecule has 0 aromatic heterocycles. The van der Waals surface area contributed by atoms with Crippen LogP contribution < -0.4 is 10.0 Å². The zero-order valence-electron chi connectivity index (χ0n) is 11.9. The molecule has 3 N–H and O–H groups in total. The average molecular weight is 336 g/mol. The van der Waals surface area contributed by atoms with Crippen LogP contribution in [-0.2, 0) is 16.6 Å². The second kappa shape index (κ2) is 6.87. The highest BCUT2D eigenvalue weighted by Gasteiger charge is 2.15. The number of para-hydroxylation sites is 1. The van der Waals surface area contributed by atoms with E-state index >= 15 is 0 Å². The van der Waals surface area contributed by atoms with Gasteiger partial charge in [-0.3, -0.25) is 4.72 Å². The number of hydrogen-bond acceptors (Lipinski definition) is 4. The molecule has 0 unspecified atom stereocenters. The van der Waals surface area contributed by atoms with Gasteiger partial charge in [0.25, 0.3) is 10.0 Å². The summed E-state index contributed by atoms with van der Waals surface area (Å²) in [4.78, 5) is 0.137. The second-order valence-electron chi connectivity index (χ2n) is 4.69. The SMILES string of the molecule is Cc1ccc(S(=O)(=O)NC(=S)Nc2ccccc2CO)cc1. The first-order valence-electron chi connectivity index (χ1n) is 6.51. The number of benzene rings is 2. The highest BCUT2D eigenvalue weighted by Crippen LogP contribution is 2.15. The molecule has 0 saturated carbocycles. The fourth-order valence-corrected chi connectivity index (χ4v) is 3.17. The fraction of sp³-hybridized carbons (Fsp3) is 0.133. The quantitative estimate of drug-likeness (QED) is 0.746. The van der Waals surface area contributed by atoms with Crippen molar-refractivity contribution in [3.63, 3.8) is 0 Å². The number of aryl methyl sites for hydroxylation is 1. The predicted molar refractivity (Wildman–Crippen MR) is 90.1 cm³/mol. The minimum absolute atomic E-state index is 0.0542. The summed E-state index contributed by atoms with van der Waals surface area (Å²) in [5.74, 6) is 0. The van der Waals surface area contributed by atoms with Crippen molar-refractivity contribution in [3.05, 3.63) is 59.7 Å². The highest BCUT2D eigenvalue weighted by atomic mass is 32.2. The van der Waals surface area contributed by atoms with Crippen LogP contribution in [0.15, 0.2) is 53.4 Å². The van der Waals surface area contributed by atoms with Gasteiger partial charge in [-0.25, -0.2) is 8.42 Å². The van der Waals surface area contributed by atoms with Crippen molar-refractivity contribution in [2.75, 3.05) is 5.32 Å². The molecule has 2 aromatic carbocycles. The largest absolute Gasteiger partial charge is 0.392 e. The van der Waals surface area contributed by atoms with Crippen molar-refractivity contribution in [1.29, 1.82) is 0 Å². The van der Waals surface area contributed by atoms with Gasteiger partial charge >= 0.3 is 0 Å². The number of rotatable bonds is 4. The van der Waals surface area contributed by atoms with Crippen molar-refractivity contribution in [1.82, 2.24) is 4.72 Å². The maximum absolute atomic E-state index is 12.2. The summed E-state index contributed by atoms with van der Waals surface area (Å²) in [5, 5.41) is 12.0. The summed E-state index contributed by atoms with van der Waals surface area (Å²) >= 11 is 5.03. The first-order chi connectivity index (χ1) is 10.4. The van der Waals surface area contributed by atoms with Crippen molar-refractivity contribution in [3.8, 4) is 0 Å². The van der Waals surface area contributed by atoms with E-state index in [1.165, 1.54) is 12.1 Å². The second-order valence-corrected chi connectivity index (χ2v) is 6.78. The molecule has 5 nitrogen and oxygen atoms in total. The van der Waals surface area contributed by atoms with Crippen LogP contribution in [0.1, 0.15) is 11.1 Å². The summed E-state index contributed by atoms with van der Waals surface area (Å²) in [6.07, 6.45) is 0. The van der Waals surface area contributed by atoms with Gasteiger partial charge in [-0.1, -0.05) is 35.9 Å². The Morgan fingerprint density at radius 1 is 1.14 bits per heavy atom. The van der Waals surface area contributed by atoms with E-state index in [9.17, 15) is 13.5 Å². The van der Waals surface area contributed by atoms with Gasteiger partial charge in [0.15, 0.2) is 5.11 Å². The van der Waals surface area contributed by atoms with Crippen molar-refractivity contribution < 1.29 is 13.5 Å². The molecule has 0 saturated heterocycles. The van der Waals surface area contributed by atoms with Crippen LogP contribution in [0.4, 0.5) is 5.69 Å². The van der Waals surface area contributed by atoms with Crippen LogP contribution in [0.2, 0.25) is 0 Å². The van der Waals surface area contributed by atoms with Crippen LogP contribution in [-0.4, -0.2) is 18.6 Å². The predicted octanol–water partition coefficient (Wildman–Crippen LogP) is 2.16. The number of thiocarbonyl (C=S) groups is 1. The molecule has 0 atom stereocenters. The van der Waals surface area contributed by atoms with Crippen LogP contribution in [0.25, 0.3) is 0 Å². The van der Waals surface area contributed by atoms with Crippen LogP contribution >= 0.6 is 12.2 Å². The maximum atomic E-state index is 12.2. The van der Waals surface area contributed by atoms with Crippen LogP contribution in [0.5, 0.6) is 0 Å². The first kappa shape index (κ1) is 16.4. The zero-order valence-corrected chi connectivity index (χ0v) is 13.5. The molecule has 0 radical (unpaired) electrons. The van der Waals surface area contributed by atoms with Crippen LogP contribution in [0.3, 0.4) is 0 Å². The smallest absolute Gasteiger partial charge is 0.263 e. The topological polar surface area (TPSA) is 78.4 Å². The van der Waals surface area contributed by atoms with E-state index in [-0.39, 0.29) is 16.6 Å². The standard InChI is InChI=1S/C15H16N2O3S2/c1-11-6-8-13(9-7-11)22(19,20)17-15(21)16-14-5-3-2-4-12(14)10-18/h2-9,18H,10H2,1H3,(H2,16,17,21). The average Bonchev–Trinajstić information content (AvgIpc) is 2.47. The lowest BCUT2D eigenvalue weighted by molar-refractivity contribution is 0.282. The molecule has 0 aliphatic heterocycles. The summed E-state index contributed by atoms with van der Waals surface area (Å²) in [5.41, 5.74) is 2.15. The van der Waals surface area contributed by atoms with Crippen molar-refractivity contribution in [2.24, 2.45) is 0 Å². The first-order valence-corrected chi connectivity index (χ1v) is 8.41. The Hall–Kier alpha value is -1.96. The van der Waals surface area contributed by atoms with Gasteiger partial charge < -0.3 is 10.4 Å².